The summed E-state index contributed by atoms with van der Waals surface area (Å²) in [4.78, 5) is 4.00. The predicted molar refractivity (Wildman–Crippen MR) is 68.2 cm³/mol. The van der Waals surface area contributed by atoms with Gasteiger partial charge in [0.15, 0.2) is 5.82 Å². The van der Waals surface area contributed by atoms with Crippen molar-refractivity contribution in [2.75, 3.05) is 5.73 Å². The number of halogens is 2. The molecule has 1 unspecified atom stereocenters. The van der Waals surface area contributed by atoms with Gasteiger partial charge in [0.1, 0.15) is 11.3 Å². The minimum absolute atomic E-state index is 0.0798. The summed E-state index contributed by atoms with van der Waals surface area (Å²) < 4.78 is 28.7. The highest BCUT2D eigenvalue weighted by molar-refractivity contribution is 5.79. The van der Waals surface area contributed by atoms with Crippen LogP contribution in [0.25, 0.3) is 11.0 Å². The summed E-state index contributed by atoms with van der Waals surface area (Å²) in [7, 11) is 0. The van der Waals surface area contributed by atoms with Crippen LogP contribution in [0.1, 0.15) is 33.2 Å². The molecule has 2 aromatic rings. The first-order chi connectivity index (χ1) is 8.45. The van der Waals surface area contributed by atoms with Crippen LogP contribution in [0, 0.1) is 17.6 Å². The second kappa shape index (κ2) is 4.55. The zero-order valence-corrected chi connectivity index (χ0v) is 10.7. The monoisotopic (exact) mass is 253 g/mol. The molecule has 1 aromatic heterocycles. The van der Waals surface area contributed by atoms with Crippen LogP contribution in [0.5, 0.6) is 0 Å². The molecule has 18 heavy (non-hydrogen) atoms. The molecule has 3 nitrogen and oxygen atoms in total. The van der Waals surface area contributed by atoms with Crippen molar-refractivity contribution in [2.45, 2.75) is 33.2 Å². The van der Waals surface area contributed by atoms with E-state index in [4.69, 9.17) is 5.73 Å². The number of anilines is 1. The third-order valence-corrected chi connectivity index (χ3v) is 3.26. The van der Waals surface area contributed by atoms with E-state index >= 15 is 0 Å². The van der Waals surface area contributed by atoms with Crippen LogP contribution < -0.4 is 5.73 Å². The molecule has 1 aromatic carbocycles. The summed E-state index contributed by atoms with van der Waals surface area (Å²) in [5.74, 6) is -0.745. The molecule has 2 N–H and O–H groups in total. The van der Waals surface area contributed by atoms with Gasteiger partial charge in [-0.1, -0.05) is 20.8 Å². The first-order valence-electron chi connectivity index (χ1n) is 6.08. The number of hydrogen-bond donors (Lipinski definition) is 1. The van der Waals surface area contributed by atoms with Crippen LogP contribution in [0.2, 0.25) is 0 Å². The molecular formula is C13H17F2N3. The van der Waals surface area contributed by atoms with Crippen LogP contribution in [0.4, 0.5) is 14.7 Å². The highest BCUT2D eigenvalue weighted by Crippen LogP contribution is 2.31. The van der Waals surface area contributed by atoms with E-state index in [1.54, 1.807) is 4.57 Å². The van der Waals surface area contributed by atoms with Gasteiger partial charge in [0, 0.05) is 18.2 Å². The van der Waals surface area contributed by atoms with Gasteiger partial charge in [0.25, 0.3) is 0 Å². The second-order valence-electron chi connectivity index (χ2n) is 4.81. The summed E-state index contributed by atoms with van der Waals surface area (Å²) in [5.41, 5.74) is 6.40. The lowest BCUT2D eigenvalue weighted by Gasteiger charge is -2.22. The van der Waals surface area contributed by atoms with E-state index in [0.717, 1.165) is 12.5 Å². The van der Waals surface area contributed by atoms with Gasteiger partial charge in [0.05, 0.1) is 5.52 Å². The van der Waals surface area contributed by atoms with Crippen molar-refractivity contribution in [1.82, 2.24) is 9.55 Å². The largest absolute Gasteiger partial charge is 0.369 e. The molecule has 0 amide bonds. The van der Waals surface area contributed by atoms with Crippen LogP contribution in [-0.2, 0) is 0 Å². The van der Waals surface area contributed by atoms with Crippen molar-refractivity contribution in [3.8, 4) is 0 Å². The Bertz CT molecular complexity index is 575. The van der Waals surface area contributed by atoms with Crippen LogP contribution in [0.3, 0.4) is 0 Å². The lowest BCUT2D eigenvalue weighted by molar-refractivity contribution is 0.377. The van der Waals surface area contributed by atoms with E-state index in [2.05, 4.69) is 18.8 Å². The molecule has 98 valence electrons. The SMILES string of the molecule is CCC(C(C)C)n1c(N)nc2c(F)cc(F)cc21. The van der Waals surface area contributed by atoms with E-state index in [1.807, 2.05) is 6.92 Å². The lowest BCUT2D eigenvalue weighted by Crippen LogP contribution is -2.16. The summed E-state index contributed by atoms with van der Waals surface area (Å²) in [6, 6.07) is 2.19. The molecular weight excluding hydrogens is 236 g/mol. The van der Waals surface area contributed by atoms with Gasteiger partial charge in [-0.2, -0.15) is 0 Å². The van der Waals surface area contributed by atoms with E-state index in [9.17, 15) is 8.78 Å². The number of nitrogens with two attached hydrogens (primary N) is 1. The summed E-state index contributed by atoms with van der Waals surface area (Å²) in [6.45, 7) is 6.12. The quantitative estimate of drug-likeness (QED) is 0.909. The Hall–Kier alpha value is -1.65. The third-order valence-electron chi connectivity index (χ3n) is 3.26. The number of rotatable bonds is 3. The topological polar surface area (TPSA) is 43.8 Å². The molecule has 0 radical (unpaired) electrons. The van der Waals surface area contributed by atoms with E-state index in [0.29, 0.717) is 11.4 Å². The fourth-order valence-electron chi connectivity index (χ4n) is 2.44. The number of benzene rings is 1. The molecule has 0 aliphatic rings. The van der Waals surface area contributed by atoms with Crippen molar-refractivity contribution in [3.05, 3.63) is 23.8 Å². The number of nitrogen functional groups attached to an aromatic ring is 1. The lowest BCUT2D eigenvalue weighted by atomic mass is 10.0. The van der Waals surface area contributed by atoms with Gasteiger partial charge in [-0.3, -0.25) is 0 Å². The molecule has 1 heterocycles. The van der Waals surface area contributed by atoms with Gasteiger partial charge in [-0.15, -0.1) is 0 Å². The molecule has 5 heteroatoms. The van der Waals surface area contributed by atoms with Crippen LogP contribution in [0.15, 0.2) is 12.1 Å². The smallest absolute Gasteiger partial charge is 0.201 e. The Balaban J connectivity index is 2.73. The zero-order chi connectivity index (χ0) is 13.4. The maximum Gasteiger partial charge on any atom is 0.201 e. The Morgan fingerprint density at radius 2 is 2.00 bits per heavy atom. The van der Waals surface area contributed by atoms with Gasteiger partial charge in [-0.05, 0) is 12.3 Å². The molecule has 0 spiro atoms. The Morgan fingerprint density at radius 1 is 1.33 bits per heavy atom. The summed E-state index contributed by atoms with van der Waals surface area (Å²) in [5, 5.41) is 0. The number of fused-ring (bicyclic) bond motifs is 1. The highest BCUT2D eigenvalue weighted by Gasteiger charge is 2.21. The number of nitrogens with zero attached hydrogens (tertiary/aromatic N) is 2. The Kier molecular flexibility index (Phi) is 3.24. The molecule has 2 rings (SSSR count). The average molecular weight is 253 g/mol. The Labute approximate surface area is 105 Å². The third kappa shape index (κ3) is 1.94. The van der Waals surface area contributed by atoms with E-state index in [-0.39, 0.29) is 17.5 Å². The fourth-order valence-corrected chi connectivity index (χ4v) is 2.44. The van der Waals surface area contributed by atoms with Crippen LogP contribution >= 0.6 is 0 Å². The first kappa shape index (κ1) is 12.8. The second-order valence-corrected chi connectivity index (χ2v) is 4.81. The van der Waals surface area contributed by atoms with Crippen molar-refractivity contribution in [2.24, 2.45) is 5.92 Å². The molecule has 0 aliphatic carbocycles. The maximum atomic E-state index is 13.6. The molecule has 0 aliphatic heterocycles. The standard InChI is InChI=1S/C13H17F2N3/c1-4-10(7(2)3)18-11-6-8(14)5-9(15)12(11)17-13(18)16/h5-7,10H,4H2,1-3H3,(H2,16,17). The van der Waals surface area contributed by atoms with Crippen molar-refractivity contribution >= 4 is 17.0 Å². The number of hydrogen-bond acceptors (Lipinski definition) is 2. The molecule has 0 bridgehead atoms. The highest BCUT2D eigenvalue weighted by atomic mass is 19.1. The fraction of sp³-hybridized carbons (Fsp3) is 0.462. The number of aromatic nitrogens is 2. The summed E-state index contributed by atoms with van der Waals surface area (Å²) >= 11 is 0. The predicted octanol–water partition coefficient (Wildman–Crippen LogP) is 3.50. The van der Waals surface area contributed by atoms with Gasteiger partial charge in [-0.25, -0.2) is 13.8 Å². The van der Waals surface area contributed by atoms with Gasteiger partial charge < -0.3 is 10.3 Å². The molecule has 0 saturated carbocycles. The van der Waals surface area contributed by atoms with Crippen molar-refractivity contribution < 1.29 is 8.78 Å². The maximum absolute atomic E-state index is 13.6. The van der Waals surface area contributed by atoms with Crippen LogP contribution in [-0.4, -0.2) is 9.55 Å². The molecule has 1 atom stereocenters. The normalized spacial score (nSPS) is 13.4. The number of imidazole rings is 1. The molecule has 0 fully saturated rings. The van der Waals surface area contributed by atoms with Gasteiger partial charge >= 0.3 is 0 Å². The average Bonchev–Trinajstić information content (AvgIpc) is 2.58. The minimum atomic E-state index is -0.672. The van der Waals surface area contributed by atoms with Crippen molar-refractivity contribution in [1.29, 1.82) is 0 Å². The zero-order valence-electron chi connectivity index (χ0n) is 10.7. The van der Waals surface area contributed by atoms with E-state index in [1.165, 1.54) is 6.07 Å². The van der Waals surface area contributed by atoms with Crippen molar-refractivity contribution in [3.63, 3.8) is 0 Å². The summed E-state index contributed by atoms with van der Waals surface area (Å²) in [6.07, 6.45) is 0.825. The van der Waals surface area contributed by atoms with Gasteiger partial charge in [0.2, 0.25) is 5.95 Å². The Morgan fingerprint density at radius 3 is 2.56 bits per heavy atom. The van der Waals surface area contributed by atoms with E-state index < -0.39 is 11.6 Å². The first-order valence-corrected chi connectivity index (χ1v) is 6.08. The molecule has 0 saturated heterocycles. The minimum Gasteiger partial charge on any atom is -0.369 e.